The van der Waals surface area contributed by atoms with E-state index in [1.807, 2.05) is 13.8 Å². The van der Waals surface area contributed by atoms with Crippen LogP contribution in [0.25, 0.3) is 0 Å². The summed E-state index contributed by atoms with van der Waals surface area (Å²) in [6, 6.07) is 0.214. The van der Waals surface area contributed by atoms with Gasteiger partial charge in [0, 0.05) is 7.11 Å². The van der Waals surface area contributed by atoms with Crippen molar-refractivity contribution in [2.75, 3.05) is 32.2 Å². The summed E-state index contributed by atoms with van der Waals surface area (Å²) in [5.74, 6) is -0.0217. The van der Waals surface area contributed by atoms with Crippen molar-refractivity contribution in [2.45, 2.75) is 13.8 Å². The summed E-state index contributed by atoms with van der Waals surface area (Å²) in [5.41, 5.74) is 0.391. The van der Waals surface area contributed by atoms with Crippen LogP contribution in [0.1, 0.15) is 13.8 Å². The van der Waals surface area contributed by atoms with Gasteiger partial charge in [0.25, 0.3) is 5.91 Å². The number of amides is 1. The molecular weight excluding hydrogens is 238 g/mol. The van der Waals surface area contributed by atoms with Crippen molar-refractivity contribution < 1.29 is 19.0 Å². The summed E-state index contributed by atoms with van der Waals surface area (Å²) in [7, 11) is 1.44. The molecule has 1 aromatic rings. The zero-order valence-electron chi connectivity index (χ0n) is 10.7. The van der Waals surface area contributed by atoms with Gasteiger partial charge in [0.2, 0.25) is 5.88 Å². The molecule has 1 N–H and O–H groups in total. The van der Waals surface area contributed by atoms with Crippen LogP contribution in [0.2, 0.25) is 0 Å². The van der Waals surface area contributed by atoms with Crippen molar-refractivity contribution in [1.29, 1.82) is 0 Å². The van der Waals surface area contributed by atoms with E-state index in [1.165, 1.54) is 13.3 Å². The highest BCUT2D eigenvalue weighted by Gasteiger charge is 2.11. The Labute approximate surface area is 105 Å². The minimum atomic E-state index is -0.300. The molecule has 7 nitrogen and oxygen atoms in total. The van der Waals surface area contributed by atoms with Crippen molar-refractivity contribution in [3.05, 3.63) is 6.20 Å². The standard InChI is InChI=1S/C11H17N3O4/c1-4-17-10-8(13-9(15)7-16-3)6-12-11(14-10)18-5-2/h6H,4-5,7H2,1-3H3,(H,13,15). The molecule has 1 amide bonds. The minimum Gasteiger partial charge on any atom is -0.476 e. The summed E-state index contributed by atoms with van der Waals surface area (Å²) in [6.07, 6.45) is 1.44. The van der Waals surface area contributed by atoms with Gasteiger partial charge in [-0.05, 0) is 13.8 Å². The van der Waals surface area contributed by atoms with E-state index in [1.54, 1.807) is 0 Å². The van der Waals surface area contributed by atoms with Crippen LogP contribution < -0.4 is 14.8 Å². The van der Waals surface area contributed by atoms with Crippen LogP contribution in [0.3, 0.4) is 0 Å². The number of carbonyl (C=O) groups excluding carboxylic acids is 1. The number of hydrogen-bond donors (Lipinski definition) is 1. The number of rotatable bonds is 7. The lowest BCUT2D eigenvalue weighted by Gasteiger charge is -2.11. The number of anilines is 1. The van der Waals surface area contributed by atoms with E-state index in [9.17, 15) is 4.79 Å². The Hall–Kier alpha value is -1.89. The van der Waals surface area contributed by atoms with E-state index in [-0.39, 0.29) is 24.4 Å². The lowest BCUT2D eigenvalue weighted by molar-refractivity contribution is -0.119. The van der Waals surface area contributed by atoms with Gasteiger partial charge in [0.15, 0.2) is 0 Å². The quantitative estimate of drug-likeness (QED) is 0.778. The molecule has 0 aliphatic rings. The first kappa shape index (κ1) is 14.2. The second kappa shape index (κ2) is 7.44. The highest BCUT2D eigenvalue weighted by molar-refractivity contribution is 5.92. The van der Waals surface area contributed by atoms with Gasteiger partial charge in [-0.1, -0.05) is 0 Å². The summed E-state index contributed by atoms with van der Waals surface area (Å²) in [5, 5.41) is 2.60. The number of carbonyl (C=O) groups is 1. The van der Waals surface area contributed by atoms with Gasteiger partial charge in [-0.3, -0.25) is 4.79 Å². The number of aromatic nitrogens is 2. The van der Waals surface area contributed by atoms with Crippen LogP contribution in [0.4, 0.5) is 5.69 Å². The largest absolute Gasteiger partial charge is 0.476 e. The second-order valence-electron chi connectivity index (χ2n) is 3.22. The molecule has 18 heavy (non-hydrogen) atoms. The number of ether oxygens (including phenoxy) is 3. The van der Waals surface area contributed by atoms with Crippen molar-refractivity contribution in [1.82, 2.24) is 9.97 Å². The molecule has 1 rings (SSSR count). The molecule has 7 heteroatoms. The van der Waals surface area contributed by atoms with E-state index >= 15 is 0 Å². The van der Waals surface area contributed by atoms with Gasteiger partial charge < -0.3 is 19.5 Å². The molecule has 0 aromatic carbocycles. The summed E-state index contributed by atoms with van der Waals surface area (Å²) in [6.45, 7) is 4.50. The maximum Gasteiger partial charge on any atom is 0.319 e. The van der Waals surface area contributed by atoms with Crippen LogP contribution in [0, 0.1) is 0 Å². The molecule has 0 unspecified atom stereocenters. The molecule has 0 fully saturated rings. The lowest BCUT2D eigenvalue weighted by atomic mass is 10.4. The van der Waals surface area contributed by atoms with E-state index in [0.717, 1.165) is 0 Å². The molecule has 0 bridgehead atoms. The van der Waals surface area contributed by atoms with Crippen molar-refractivity contribution >= 4 is 11.6 Å². The monoisotopic (exact) mass is 255 g/mol. The first-order valence-electron chi connectivity index (χ1n) is 5.62. The summed E-state index contributed by atoms with van der Waals surface area (Å²) < 4.78 is 15.2. The van der Waals surface area contributed by atoms with Gasteiger partial charge in [-0.25, -0.2) is 4.98 Å². The Morgan fingerprint density at radius 1 is 1.33 bits per heavy atom. The van der Waals surface area contributed by atoms with Crippen molar-refractivity contribution in [2.24, 2.45) is 0 Å². The second-order valence-corrected chi connectivity index (χ2v) is 3.22. The molecule has 0 radical (unpaired) electrons. The number of nitrogens with one attached hydrogen (secondary N) is 1. The van der Waals surface area contributed by atoms with Crippen LogP contribution in [-0.4, -0.2) is 42.8 Å². The predicted octanol–water partition coefficient (Wildman–Crippen LogP) is 0.859. The fraction of sp³-hybridized carbons (Fsp3) is 0.545. The third-order valence-corrected chi connectivity index (χ3v) is 1.84. The molecule has 0 atom stereocenters. The maximum absolute atomic E-state index is 11.4. The van der Waals surface area contributed by atoms with E-state index in [4.69, 9.17) is 14.2 Å². The molecule has 100 valence electrons. The third kappa shape index (κ3) is 4.17. The van der Waals surface area contributed by atoms with E-state index in [2.05, 4.69) is 15.3 Å². The van der Waals surface area contributed by atoms with Gasteiger partial charge in [-0.15, -0.1) is 0 Å². The molecule has 0 spiro atoms. The molecule has 0 aliphatic heterocycles. The van der Waals surface area contributed by atoms with E-state index < -0.39 is 0 Å². The third-order valence-electron chi connectivity index (χ3n) is 1.84. The fourth-order valence-corrected chi connectivity index (χ4v) is 1.20. The van der Waals surface area contributed by atoms with Crippen molar-refractivity contribution in [3.8, 4) is 11.9 Å². The lowest BCUT2D eigenvalue weighted by Crippen LogP contribution is -2.18. The first-order valence-corrected chi connectivity index (χ1v) is 5.62. The fourth-order valence-electron chi connectivity index (χ4n) is 1.20. The smallest absolute Gasteiger partial charge is 0.319 e. The number of hydrogen-bond acceptors (Lipinski definition) is 6. The van der Waals surface area contributed by atoms with Gasteiger partial charge >= 0.3 is 6.01 Å². The molecular formula is C11H17N3O4. The number of methoxy groups -OCH3 is 1. The zero-order chi connectivity index (χ0) is 13.4. The van der Waals surface area contributed by atoms with Crippen LogP contribution >= 0.6 is 0 Å². The van der Waals surface area contributed by atoms with Crippen LogP contribution in [-0.2, 0) is 9.53 Å². The average molecular weight is 255 g/mol. The highest BCUT2D eigenvalue weighted by Crippen LogP contribution is 2.22. The topological polar surface area (TPSA) is 82.6 Å². The molecule has 1 heterocycles. The highest BCUT2D eigenvalue weighted by atomic mass is 16.5. The Bertz CT molecular complexity index is 398. The van der Waals surface area contributed by atoms with Crippen molar-refractivity contribution in [3.63, 3.8) is 0 Å². The number of nitrogens with zero attached hydrogens (tertiary/aromatic N) is 2. The van der Waals surface area contributed by atoms with E-state index in [0.29, 0.717) is 18.9 Å². The van der Waals surface area contributed by atoms with Gasteiger partial charge in [0.1, 0.15) is 12.3 Å². The predicted molar refractivity (Wildman–Crippen MR) is 64.9 cm³/mol. The Morgan fingerprint density at radius 3 is 2.67 bits per heavy atom. The van der Waals surface area contributed by atoms with Crippen LogP contribution in [0.15, 0.2) is 6.20 Å². The first-order chi connectivity index (χ1) is 8.71. The molecule has 0 aliphatic carbocycles. The molecule has 0 saturated heterocycles. The minimum absolute atomic E-state index is 0.0429. The zero-order valence-corrected chi connectivity index (χ0v) is 10.7. The Balaban J connectivity index is 2.85. The molecule has 0 saturated carbocycles. The van der Waals surface area contributed by atoms with Crippen LogP contribution in [0.5, 0.6) is 11.9 Å². The normalized spacial score (nSPS) is 9.94. The Morgan fingerprint density at radius 2 is 2.06 bits per heavy atom. The molecule has 1 aromatic heterocycles. The van der Waals surface area contributed by atoms with Gasteiger partial charge in [-0.2, -0.15) is 4.98 Å². The summed E-state index contributed by atoms with van der Waals surface area (Å²) >= 11 is 0. The average Bonchev–Trinajstić information content (AvgIpc) is 2.33. The SMILES string of the molecule is CCOc1ncc(NC(=O)COC)c(OCC)n1. The van der Waals surface area contributed by atoms with Gasteiger partial charge in [0.05, 0.1) is 19.4 Å². The maximum atomic E-state index is 11.4. The summed E-state index contributed by atoms with van der Waals surface area (Å²) in [4.78, 5) is 19.4. The Kier molecular flexibility index (Phi) is 5.86.